The number of hydrogen-bond donors (Lipinski definition) is 4. The van der Waals surface area contributed by atoms with Gasteiger partial charge in [-0.1, -0.05) is 46.0 Å². The zero-order valence-corrected chi connectivity index (χ0v) is 14.7. The summed E-state index contributed by atoms with van der Waals surface area (Å²) < 4.78 is 10.8. The van der Waals surface area contributed by atoms with E-state index in [9.17, 15) is 15.3 Å². The van der Waals surface area contributed by atoms with Crippen molar-refractivity contribution in [2.24, 2.45) is 0 Å². The molecular weight excluding hydrogens is 300 g/mol. The first-order valence-electron chi connectivity index (χ1n) is 8.92. The van der Waals surface area contributed by atoms with Crippen LogP contribution in [0.2, 0.25) is 0 Å². The van der Waals surface area contributed by atoms with Gasteiger partial charge >= 0.3 is 0 Å². The molecule has 0 aromatic heterocycles. The lowest BCUT2D eigenvalue weighted by Gasteiger charge is -2.29. The van der Waals surface area contributed by atoms with Gasteiger partial charge in [0.1, 0.15) is 24.4 Å². The molecule has 0 heterocycles. The van der Waals surface area contributed by atoms with E-state index in [0.717, 1.165) is 44.9 Å². The molecule has 0 saturated heterocycles. The largest absolute Gasteiger partial charge is 0.394 e. The molecule has 6 nitrogen and oxygen atoms in total. The molecule has 0 radical (unpaired) electrons. The number of ether oxygens (including phenoxy) is 2. The fourth-order valence-electron chi connectivity index (χ4n) is 2.27. The Bertz CT molecular complexity index is 251. The second kappa shape index (κ2) is 15.3. The second-order valence-electron chi connectivity index (χ2n) is 5.99. The van der Waals surface area contributed by atoms with Gasteiger partial charge in [-0.15, -0.1) is 0 Å². The second-order valence-corrected chi connectivity index (χ2v) is 5.99. The minimum Gasteiger partial charge on any atom is -0.394 e. The van der Waals surface area contributed by atoms with Gasteiger partial charge in [0.05, 0.1) is 13.2 Å². The highest BCUT2D eigenvalue weighted by Crippen LogP contribution is 2.12. The summed E-state index contributed by atoms with van der Waals surface area (Å²) in [5.41, 5.74) is 0. The smallest absolute Gasteiger partial charge is 0.114 e. The lowest BCUT2D eigenvalue weighted by molar-refractivity contribution is -0.153. The van der Waals surface area contributed by atoms with Crippen molar-refractivity contribution in [1.82, 2.24) is 0 Å². The molecule has 4 atom stereocenters. The highest BCUT2D eigenvalue weighted by Gasteiger charge is 2.32. The van der Waals surface area contributed by atoms with Gasteiger partial charge in [-0.05, 0) is 12.8 Å². The van der Waals surface area contributed by atoms with Crippen molar-refractivity contribution in [2.75, 3.05) is 26.4 Å². The van der Waals surface area contributed by atoms with Gasteiger partial charge in [-0.2, -0.15) is 0 Å². The Morgan fingerprint density at radius 1 is 0.783 bits per heavy atom. The molecule has 6 heteroatoms. The molecule has 0 aliphatic carbocycles. The molecule has 23 heavy (non-hydrogen) atoms. The van der Waals surface area contributed by atoms with Crippen LogP contribution in [0.15, 0.2) is 0 Å². The van der Waals surface area contributed by atoms with Crippen molar-refractivity contribution in [3.05, 3.63) is 0 Å². The van der Waals surface area contributed by atoms with Gasteiger partial charge in [-0.3, -0.25) is 0 Å². The molecular formula is C17H36O6. The maximum absolute atomic E-state index is 10.2. The van der Waals surface area contributed by atoms with E-state index in [1.54, 1.807) is 0 Å². The number of rotatable bonds is 16. The third kappa shape index (κ3) is 11.0. The third-order valence-corrected chi connectivity index (χ3v) is 3.79. The first-order valence-corrected chi connectivity index (χ1v) is 8.92. The summed E-state index contributed by atoms with van der Waals surface area (Å²) in [6.07, 6.45) is 2.45. The first kappa shape index (κ1) is 22.8. The Morgan fingerprint density at radius 3 is 2.00 bits per heavy atom. The molecule has 4 N–H and O–H groups in total. The Morgan fingerprint density at radius 2 is 1.39 bits per heavy atom. The van der Waals surface area contributed by atoms with Gasteiger partial charge in [0.2, 0.25) is 0 Å². The summed E-state index contributed by atoms with van der Waals surface area (Å²) in [6.45, 7) is 4.57. The molecule has 0 spiro atoms. The molecule has 140 valence electrons. The Labute approximate surface area is 140 Å². The Kier molecular flexibility index (Phi) is 15.1. The quantitative estimate of drug-likeness (QED) is 0.316. The van der Waals surface area contributed by atoms with E-state index in [0.29, 0.717) is 13.2 Å². The molecule has 0 rings (SSSR count). The van der Waals surface area contributed by atoms with Crippen molar-refractivity contribution < 1.29 is 29.9 Å². The average Bonchev–Trinajstić information content (AvgIpc) is 2.56. The van der Waals surface area contributed by atoms with E-state index in [1.165, 1.54) is 0 Å². The molecule has 0 bridgehead atoms. The summed E-state index contributed by atoms with van der Waals surface area (Å²) in [5, 5.41) is 39.0. The number of aliphatic hydroxyl groups is 4. The molecule has 0 aliphatic rings. The van der Waals surface area contributed by atoms with Crippen molar-refractivity contribution in [3.63, 3.8) is 0 Å². The molecule has 0 aromatic rings. The van der Waals surface area contributed by atoms with Crippen LogP contribution in [-0.2, 0) is 9.47 Å². The Balaban J connectivity index is 4.14. The van der Waals surface area contributed by atoms with Crippen LogP contribution in [0.25, 0.3) is 0 Å². The third-order valence-electron chi connectivity index (χ3n) is 3.79. The van der Waals surface area contributed by atoms with Crippen molar-refractivity contribution in [1.29, 1.82) is 0 Å². The van der Waals surface area contributed by atoms with Gasteiger partial charge < -0.3 is 29.9 Å². The highest BCUT2D eigenvalue weighted by atomic mass is 16.5. The van der Waals surface area contributed by atoms with Crippen LogP contribution in [0.3, 0.4) is 0 Å². The summed E-state index contributed by atoms with van der Waals surface area (Å²) in [6, 6.07) is 0. The van der Waals surface area contributed by atoms with Gasteiger partial charge in [-0.25, -0.2) is 0 Å². The average molecular weight is 336 g/mol. The molecule has 0 saturated carbocycles. The topological polar surface area (TPSA) is 99.4 Å². The number of unbranched alkanes of at least 4 members (excludes halogenated alkanes) is 5. The van der Waals surface area contributed by atoms with Gasteiger partial charge in [0, 0.05) is 13.2 Å². The lowest BCUT2D eigenvalue weighted by atomic mass is 10.0. The minimum absolute atomic E-state index is 0.0136. The van der Waals surface area contributed by atoms with Crippen LogP contribution in [0.1, 0.15) is 58.8 Å². The van der Waals surface area contributed by atoms with E-state index in [4.69, 9.17) is 14.6 Å². The Hall–Kier alpha value is -0.240. The SMILES string of the molecule is CCCCCCOCC(O)C(O)C(OCCCCC)C(O)CO. The molecule has 0 fully saturated rings. The van der Waals surface area contributed by atoms with Gasteiger partial charge in [0.25, 0.3) is 0 Å². The maximum atomic E-state index is 10.2. The predicted molar refractivity (Wildman–Crippen MR) is 89.3 cm³/mol. The monoisotopic (exact) mass is 336 g/mol. The molecule has 0 aliphatic heterocycles. The zero-order chi connectivity index (χ0) is 17.5. The van der Waals surface area contributed by atoms with Crippen LogP contribution in [0.5, 0.6) is 0 Å². The van der Waals surface area contributed by atoms with Crippen molar-refractivity contribution in [2.45, 2.75) is 83.2 Å². The van der Waals surface area contributed by atoms with E-state index < -0.39 is 31.0 Å². The molecule has 0 amide bonds. The van der Waals surface area contributed by atoms with E-state index in [1.807, 2.05) is 0 Å². The summed E-state index contributed by atoms with van der Waals surface area (Å²) in [5.74, 6) is 0. The summed E-state index contributed by atoms with van der Waals surface area (Å²) in [7, 11) is 0. The fourth-order valence-corrected chi connectivity index (χ4v) is 2.27. The summed E-state index contributed by atoms with van der Waals surface area (Å²) in [4.78, 5) is 0. The number of aliphatic hydroxyl groups excluding tert-OH is 4. The van der Waals surface area contributed by atoms with Crippen molar-refractivity contribution >= 4 is 0 Å². The van der Waals surface area contributed by atoms with Crippen LogP contribution in [0, 0.1) is 0 Å². The summed E-state index contributed by atoms with van der Waals surface area (Å²) >= 11 is 0. The van der Waals surface area contributed by atoms with E-state index in [2.05, 4.69) is 13.8 Å². The van der Waals surface area contributed by atoms with Gasteiger partial charge in [0.15, 0.2) is 0 Å². The van der Waals surface area contributed by atoms with Crippen molar-refractivity contribution in [3.8, 4) is 0 Å². The number of hydrogen-bond acceptors (Lipinski definition) is 6. The van der Waals surface area contributed by atoms with Crippen LogP contribution >= 0.6 is 0 Å². The minimum atomic E-state index is -1.30. The normalized spacial score (nSPS) is 17.0. The zero-order valence-electron chi connectivity index (χ0n) is 14.7. The van der Waals surface area contributed by atoms with Crippen LogP contribution < -0.4 is 0 Å². The fraction of sp³-hybridized carbons (Fsp3) is 1.00. The maximum Gasteiger partial charge on any atom is 0.114 e. The van der Waals surface area contributed by atoms with Crippen LogP contribution in [0.4, 0.5) is 0 Å². The molecule has 4 unspecified atom stereocenters. The molecule has 0 aromatic carbocycles. The first-order chi connectivity index (χ1) is 11.1. The standard InChI is InChI=1S/C17H36O6/c1-3-5-7-9-10-22-13-15(20)16(21)17(14(19)12-18)23-11-8-6-4-2/h14-21H,3-13H2,1-2H3. The predicted octanol–water partition coefficient (Wildman–Crippen LogP) is 1.23. The van der Waals surface area contributed by atoms with E-state index in [-0.39, 0.29) is 6.61 Å². The lowest BCUT2D eigenvalue weighted by Crippen LogP contribution is -2.49. The van der Waals surface area contributed by atoms with E-state index >= 15 is 0 Å². The highest BCUT2D eigenvalue weighted by molar-refractivity contribution is 4.82. The van der Waals surface area contributed by atoms with Crippen LogP contribution in [-0.4, -0.2) is 71.3 Å².